The number of carbonyl (C=O) groups excluding carboxylic acids is 2. The molecule has 3 aromatic rings. The Labute approximate surface area is 246 Å². The number of likely N-dealkylation sites (tertiary alicyclic amines) is 1. The predicted molar refractivity (Wildman–Crippen MR) is 161 cm³/mol. The van der Waals surface area contributed by atoms with Crippen LogP contribution in [0, 0.1) is 12.8 Å². The third-order valence-electron chi connectivity index (χ3n) is 9.55. The molecule has 0 radical (unpaired) electrons. The van der Waals surface area contributed by atoms with Gasteiger partial charge in [-0.15, -0.1) is 0 Å². The highest BCUT2D eigenvalue weighted by molar-refractivity contribution is 6.29. The van der Waals surface area contributed by atoms with Gasteiger partial charge < -0.3 is 25.4 Å². The quantitative estimate of drug-likeness (QED) is 0.364. The van der Waals surface area contributed by atoms with Crippen LogP contribution in [0.4, 0.5) is 5.95 Å². The second-order valence-corrected chi connectivity index (χ2v) is 12.4. The Morgan fingerprint density at radius 1 is 1.15 bits per heavy atom. The van der Waals surface area contributed by atoms with Crippen molar-refractivity contribution in [1.29, 1.82) is 0 Å². The van der Waals surface area contributed by atoms with Gasteiger partial charge in [0.15, 0.2) is 0 Å². The molecule has 2 aliphatic heterocycles. The highest BCUT2D eigenvalue weighted by Crippen LogP contribution is 2.45. The molecule has 2 aromatic heterocycles. The van der Waals surface area contributed by atoms with Crippen molar-refractivity contribution < 1.29 is 9.59 Å². The van der Waals surface area contributed by atoms with Gasteiger partial charge in [-0.25, -0.2) is 9.97 Å². The lowest BCUT2D eigenvalue weighted by Gasteiger charge is -2.36. The lowest BCUT2D eigenvalue weighted by molar-refractivity contribution is -0.139. The van der Waals surface area contributed by atoms with Crippen molar-refractivity contribution in [3.8, 4) is 0 Å². The molecule has 3 aliphatic rings. The maximum absolute atomic E-state index is 14.6. The van der Waals surface area contributed by atoms with Crippen molar-refractivity contribution in [3.05, 3.63) is 52.9 Å². The summed E-state index contributed by atoms with van der Waals surface area (Å²) >= 11 is 6.29. The zero-order chi connectivity index (χ0) is 28.7. The van der Waals surface area contributed by atoms with E-state index >= 15 is 0 Å². The zero-order valence-corrected chi connectivity index (χ0v) is 24.8. The summed E-state index contributed by atoms with van der Waals surface area (Å²) in [6.45, 7) is 5.23. The summed E-state index contributed by atoms with van der Waals surface area (Å²) in [6.07, 6.45) is 9.89. The molecule has 4 heterocycles. The van der Waals surface area contributed by atoms with Crippen molar-refractivity contribution in [1.82, 2.24) is 30.5 Å². The van der Waals surface area contributed by atoms with Crippen LogP contribution in [0.1, 0.15) is 62.5 Å². The summed E-state index contributed by atoms with van der Waals surface area (Å²) in [7, 11) is 1.77. The average Bonchev–Trinajstić information content (AvgIpc) is 3.69. The van der Waals surface area contributed by atoms with E-state index in [1.165, 1.54) is 22.9 Å². The van der Waals surface area contributed by atoms with Crippen LogP contribution in [0.15, 0.2) is 36.7 Å². The SMILES string of the molecule is CN[C@@H](C)C(=O)N[C@H](C(=O)N1CC[C@@H]2[C@H]1[C@@H](c1c[nH]c3cc(C)ccc13)CN2c1nccc(Cl)n1)C1CCCCC1. The number of aromatic nitrogens is 3. The number of aryl methyl sites for hydroxylation is 1. The van der Waals surface area contributed by atoms with Gasteiger partial charge in [0.25, 0.3) is 0 Å². The second-order valence-electron chi connectivity index (χ2n) is 12.0. The molecule has 1 saturated carbocycles. The monoisotopic (exact) mass is 577 g/mol. The van der Waals surface area contributed by atoms with Gasteiger partial charge in [0.2, 0.25) is 17.8 Å². The fourth-order valence-electron chi connectivity index (χ4n) is 7.32. The van der Waals surface area contributed by atoms with Gasteiger partial charge in [-0.3, -0.25) is 9.59 Å². The third-order valence-corrected chi connectivity index (χ3v) is 9.77. The number of hydrogen-bond acceptors (Lipinski definition) is 6. The molecule has 0 unspecified atom stereocenters. The Balaban J connectivity index is 1.37. The molecule has 0 bridgehead atoms. The number of carbonyl (C=O) groups is 2. The molecule has 0 spiro atoms. The van der Waals surface area contributed by atoms with E-state index in [4.69, 9.17) is 11.6 Å². The summed E-state index contributed by atoms with van der Waals surface area (Å²) in [5, 5.41) is 7.78. The molecule has 3 fully saturated rings. The van der Waals surface area contributed by atoms with Crippen LogP contribution in [0.25, 0.3) is 10.9 Å². The van der Waals surface area contributed by atoms with E-state index in [0.29, 0.717) is 24.2 Å². The van der Waals surface area contributed by atoms with Crippen LogP contribution in [0.3, 0.4) is 0 Å². The molecule has 9 nitrogen and oxygen atoms in total. The second kappa shape index (κ2) is 11.6. The van der Waals surface area contributed by atoms with E-state index in [1.807, 2.05) is 6.92 Å². The third kappa shape index (κ3) is 5.30. The Hall–Kier alpha value is -3.17. The summed E-state index contributed by atoms with van der Waals surface area (Å²) in [5.41, 5.74) is 3.49. The van der Waals surface area contributed by atoms with E-state index in [-0.39, 0.29) is 41.8 Å². The molecule has 2 amide bonds. The van der Waals surface area contributed by atoms with Crippen molar-refractivity contribution in [3.63, 3.8) is 0 Å². The van der Waals surface area contributed by atoms with Gasteiger partial charge >= 0.3 is 0 Å². The predicted octanol–water partition coefficient (Wildman–Crippen LogP) is 4.17. The minimum Gasteiger partial charge on any atom is -0.361 e. The van der Waals surface area contributed by atoms with Crippen LogP contribution in [0.5, 0.6) is 0 Å². The van der Waals surface area contributed by atoms with Gasteiger partial charge in [0.05, 0.1) is 18.1 Å². The van der Waals surface area contributed by atoms with Gasteiger partial charge in [-0.1, -0.05) is 43.0 Å². The topological polar surface area (TPSA) is 106 Å². The number of nitrogens with zero attached hydrogens (tertiary/aromatic N) is 4. The van der Waals surface area contributed by atoms with E-state index in [9.17, 15) is 9.59 Å². The number of hydrogen-bond donors (Lipinski definition) is 3. The van der Waals surface area contributed by atoms with Crippen LogP contribution >= 0.6 is 11.6 Å². The van der Waals surface area contributed by atoms with Crippen molar-refractivity contribution in [2.45, 2.75) is 82.5 Å². The summed E-state index contributed by atoms with van der Waals surface area (Å²) in [6, 6.07) is 7.25. The van der Waals surface area contributed by atoms with Crippen molar-refractivity contribution in [2.75, 3.05) is 25.0 Å². The summed E-state index contributed by atoms with van der Waals surface area (Å²) in [5.74, 6) is 0.697. The molecule has 6 rings (SSSR count). The molecular formula is C31H40ClN7O2. The van der Waals surface area contributed by atoms with E-state index in [2.05, 4.69) is 66.7 Å². The average molecular weight is 578 g/mol. The minimum atomic E-state index is -0.528. The van der Waals surface area contributed by atoms with Crippen LogP contribution < -0.4 is 15.5 Å². The van der Waals surface area contributed by atoms with Gasteiger partial charge in [0.1, 0.15) is 11.2 Å². The number of benzene rings is 1. The standard InChI is InChI=1S/C31H40ClN7O2/c1-18-9-10-21-22(16-35-24(21)15-18)23-17-39(31-34-13-11-26(32)36-31)25-12-14-38(28(23)25)30(41)27(20-7-5-4-6-8-20)37-29(40)19(2)33-3/h9-11,13,15-16,19-20,23,25,27-28,33,35H,4-8,12,14,17H2,1-3H3,(H,37,40)/t19-,23+,25+,27-,28+/m0/s1. The van der Waals surface area contributed by atoms with Crippen molar-refractivity contribution >= 4 is 40.3 Å². The van der Waals surface area contributed by atoms with E-state index in [1.54, 1.807) is 19.3 Å². The lowest BCUT2D eigenvalue weighted by atomic mass is 9.82. The van der Waals surface area contributed by atoms with Crippen LogP contribution in [-0.2, 0) is 9.59 Å². The minimum absolute atomic E-state index is 0.0376. The number of likely N-dealkylation sites (N-methyl/N-ethyl adjacent to an activating group) is 1. The molecule has 218 valence electrons. The Bertz CT molecular complexity index is 1420. The Kier molecular flexibility index (Phi) is 7.92. The number of amides is 2. The fourth-order valence-corrected chi connectivity index (χ4v) is 7.45. The molecule has 41 heavy (non-hydrogen) atoms. The first kappa shape index (κ1) is 28.0. The Morgan fingerprint density at radius 2 is 1.95 bits per heavy atom. The molecule has 1 aromatic carbocycles. The largest absolute Gasteiger partial charge is 0.361 e. The number of H-pyrrole nitrogens is 1. The number of anilines is 1. The maximum atomic E-state index is 14.6. The fraction of sp³-hybridized carbons (Fsp3) is 0.548. The Morgan fingerprint density at radius 3 is 2.71 bits per heavy atom. The highest BCUT2D eigenvalue weighted by atomic mass is 35.5. The number of fused-ring (bicyclic) bond motifs is 2. The molecular weight excluding hydrogens is 538 g/mol. The molecule has 2 saturated heterocycles. The first-order chi connectivity index (χ1) is 19.9. The van der Waals surface area contributed by atoms with Gasteiger partial charge in [0, 0.05) is 42.3 Å². The van der Waals surface area contributed by atoms with Crippen LogP contribution in [0.2, 0.25) is 5.15 Å². The van der Waals surface area contributed by atoms with Crippen LogP contribution in [-0.4, -0.2) is 76.0 Å². The first-order valence-corrected chi connectivity index (χ1v) is 15.3. The maximum Gasteiger partial charge on any atom is 0.245 e. The molecule has 1 aliphatic carbocycles. The number of halogens is 1. The highest BCUT2D eigenvalue weighted by Gasteiger charge is 2.53. The molecule has 3 N–H and O–H groups in total. The molecule has 10 heteroatoms. The molecule has 5 atom stereocenters. The van der Waals surface area contributed by atoms with Gasteiger partial charge in [-0.05, 0) is 69.3 Å². The van der Waals surface area contributed by atoms with E-state index in [0.717, 1.165) is 37.6 Å². The number of nitrogens with one attached hydrogen (secondary N) is 3. The number of aromatic amines is 1. The van der Waals surface area contributed by atoms with Crippen molar-refractivity contribution in [2.24, 2.45) is 5.92 Å². The number of rotatable bonds is 7. The lowest BCUT2D eigenvalue weighted by Crippen LogP contribution is -2.57. The van der Waals surface area contributed by atoms with Gasteiger partial charge in [-0.2, -0.15) is 0 Å². The summed E-state index contributed by atoms with van der Waals surface area (Å²) < 4.78 is 0. The van der Waals surface area contributed by atoms with E-state index < -0.39 is 6.04 Å². The normalized spacial score (nSPS) is 24.4. The first-order valence-electron chi connectivity index (χ1n) is 15.0. The zero-order valence-electron chi connectivity index (χ0n) is 24.1. The summed E-state index contributed by atoms with van der Waals surface area (Å²) in [4.78, 5) is 44.6. The smallest absolute Gasteiger partial charge is 0.245 e.